The number of carbonyl (C=O) groups is 1. The van der Waals surface area contributed by atoms with E-state index >= 15 is 0 Å². The van der Waals surface area contributed by atoms with Crippen LogP contribution in [0.25, 0.3) is 11.1 Å². The van der Waals surface area contributed by atoms with Gasteiger partial charge in [-0.15, -0.1) is 0 Å². The maximum absolute atomic E-state index is 12.5. The first kappa shape index (κ1) is 21.5. The molecule has 3 aromatic rings. The zero-order valence-electron chi connectivity index (χ0n) is 18.2. The number of ether oxygens (including phenoxy) is 2. The summed E-state index contributed by atoms with van der Waals surface area (Å²) in [7, 11) is 1.71. The lowest BCUT2D eigenvalue weighted by atomic mass is 9.81. The maximum Gasteiger partial charge on any atom is 0.306 e. The van der Waals surface area contributed by atoms with Crippen molar-refractivity contribution in [3.8, 4) is 16.9 Å². The number of methoxy groups -OCH3 is 1. The summed E-state index contributed by atoms with van der Waals surface area (Å²) < 4.78 is 11.1. The van der Waals surface area contributed by atoms with Crippen LogP contribution in [0.15, 0.2) is 60.7 Å². The smallest absolute Gasteiger partial charge is 0.306 e. The molecule has 0 saturated heterocycles. The highest BCUT2D eigenvalue weighted by Crippen LogP contribution is 2.49. The number of carbonyl (C=O) groups excluding carboxylic acids is 1. The molecule has 0 radical (unpaired) electrons. The van der Waals surface area contributed by atoms with Crippen LogP contribution in [0.4, 0.5) is 0 Å². The van der Waals surface area contributed by atoms with Crippen molar-refractivity contribution in [2.24, 2.45) is 0 Å². The van der Waals surface area contributed by atoms with Crippen LogP contribution in [0, 0.1) is 6.92 Å². The van der Waals surface area contributed by atoms with Crippen LogP contribution in [0.3, 0.4) is 0 Å². The second-order valence-electron chi connectivity index (χ2n) is 8.01. The van der Waals surface area contributed by atoms with E-state index in [4.69, 9.17) is 21.1 Å². The van der Waals surface area contributed by atoms with E-state index in [0.717, 1.165) is 40.0 Å². The molecule has 0 spiro atoms. The van der Waals surface area contributed by atoms with E-state index in [1.54, 1.807) is 7.11 Å². The summed E-state index contributed by atoms with van der Waals surface area (Å²) in [5.41, 5.74) is 6.85. The first-order valence-corrected chi connectivity index (χ1v) is 11.1. The van der Waals surface area contributed by atoms with E-state index in [1.165, 1.54) is 5.56 Å². The van der Waals surface area contributed by atoms with Crippen molar-refractivity contribution in [3.05, 3.63) is 87.9 Å². The zero-order valence-corrected chi connectivity index (χ0v) is 18.9. The minimum atomic E-state index is -0.166. The van der Waals surface area contributed by atoms with Crippen LogP contribution < -0.4 is 4.74 Å². The third kappa shape index (κ3) is 4.20. The highest BCUT2D eigenvalue weighted by molar-refractivity contribution is 6.30. The molecule has 4 rings (SSSR count). The molecule has 0 aliphatic heterocycles. The number of benzene rings is 3. The van der Waals surface area contributed by atoms with Crippen molar-refractivity contribution in [3.63, 3.8) is 0 Å². The average Bonchev–Trinajstić information content (AvgIpc) is 2.89. The van der Waals surface area contributed by atoms with Crippen LogP contribution in [-0.2, 0) is 9.53 Å². The second kappa shape index (κ2) is 9.15. The minimum Gasteiger partial charge on any atom is -0.496 e. The van der Waals surface area contributed by atoms with Crippen molar-refractivity contribution in [1.29, 1.82) is 0 Å². The Morgan fingerprint density at radius 3 is 2.52 bits per heavy atom. The Morgan fingerprint density at radius 2 is 1.74 bits per heavy atom. The lowest BCUT2D eigenvalue weighted by Gasteiger charge is -2.25. The number of para-hydroxylation sites is 1. The fourth-order valence-corrected chi connectivity index (χ4v) is 5.02. The van der Waals surface area contributed by atoms with Gasteiger partial charge in [-0.2, -0.15) is 0 Å². The van der Waals surface area contributed by atoms with Gasteiger partial charge in [0.15, 0.2) is 0 Å². The molecule has 0 bridgehead atoms. The van der Waals surface area contributed by atoms with Crippen molar-refractivity contribution < 1.29 is 14.3 Å². The van der Waals surface area contributed by atoms with Gasteiger partial charge in [0.05, 0.1) is 20.1 Å². The number of rotatable bonds is 5. The Hall–Kier alpha value is -2.78. The molecule has 1 aliphatic rings. The Balaban J connectivity index is 1.93. The molecule has 3 aromatic carbocycles. The molecule has 3 nitrogen and oxygen atoms in total. The zero-order chi connectivity index (χ0) is 22.0. The van der Waals surface area contributed by atoms with Gasteiger partial charge in [0.1, 0.15) is 5.75 Å². The van der Waals surface area contributed by atoms with E-state index in [0.29, 0.717) is 18.1 Å². The molecule has 0 amide bonds. The van der Waals surface area contributed by atoms with Crippen molar-refractivity contribution in [2.75, 3.05) is 13.7 Å². The summed E-state index contributed by atoms with van der Waals surface area (Å²) in [6, 6.07) is 20.7. The molecule has 31 heavy (non-hydrogen) atoms. The third-order valence-electron chi connectivity index (χ3n) is 6.14. The fourth-order valence-electron chi connectivity index (χ4n) is 4.84. The molecule has 0 aromatic heterocycles. The number of hydrogen-bond donors (Lipinski definition) is 0. The lowest BCUT2D eigenvalue weighted by Crippen LogP contribution is -2.14. The molecule has 1 aliphatic carbocycles. The highest BCUT2D eigenvalue weighted by atomic mass is 35.5. The van der Waals surface area contributed by atoms with Crippen LogP contribution in [0.5, 0.6) is 5.75 Å². The molecule has 0 fully saturated rings. The Morgan fingerprint density at radius 1 is 1.00 bits per heavy atom. The normalized spacial score (nSPS) is 17.3. The largest absolute Gasteiger partial charge is 0.496 e. The molecule has 2 atom stereocenters. The van der Waals surface area contributed by atoms with E-state index < -0.39 is 0 Å². The van der Waals surface area contributed by atoms with E-state index in [1.807, 2.05) is 25.1 Å². The van der Waals surface area contributed by atoms with Gasteiger partial charge in [-0.05, 0) is 66.1 Å². The van der Waals surface area contributed by atoms with E-state index in [9.17, 15) is 4.79 Å². The summed E-state index contributed by atoms with van der Waals surface area (Å²) in [5, 5.41) is 0.705. The standard InChI is InChI=1S/C27H27ClO3/c1-4-31-26(29)15-18-14-24(23-11-7-8-17(2)27(23)30-3)25-16-19(28)12-13-22(25)21-10-6-5-9-20(18)21/h5-13,16,18,24H,4,14-15H2,1-3H3. The first-order valence-electron chi connectivity index (χ1n) is 10.7. The van der Waals surface area contributed by atoms with Crippen LogP contribution in [0.1, 0.15) is 53.9 Å². The van der Waals surface area contributed by atoms with Gasteiger partial charge >= 0.3 is 5.97 Å². The van der Waals surface area contributed by atoms with Crippen LogP contribution in [0.2, 0.25) is 5.02 Å². The number of aryl methyl sites for hydroxylation is 1. The Labute approximate surface area is 189 Å². The summed E-state index contributed by atoms with van der Waals surface area (Å²) >= 11 is 6.47. The van der Waals surface area contributed by atoms with Crippen molar-refractivity contribution in [2.45, 2.75) is 38.5 Å². The third-order valence-corrected chi connectivity index (χ3v) is 6.38. The van der Waals surface area contributed by atoms with Crippen molar-refractivity contribution >= 4 is 17.6 Å². The lowest BCUT2D eigenvalue weighted by molar-refractivity contribution is -0.143. The highest BCUT2D eigenvalue weighted by Gasteiger charge is 2.32. The molecule has 2 unspecified atom stereocenters. The van der Waals surface area contributed by atoms with Gasteiger partial charge in [-0.1, -0.05) is 60.1 Å². The average molecular weight is 435 g/mol. The molecule has 0 heterocycles. The first-order chi connectivity index (χ1) is 15.0. The second-order valence-corrected chi connectivity index (χ2v) is 8.45. The molecular weight excluding hydrogens is 408 g/mol. The number of halogens is 1. The molecule has 160 valence electrons. The topological polar surface area (TPSA) is 35.5 Å². The Kier molecular flexibility index (Phi) is 6.33. The monoisotopic (exact) mass is 434 g/mol. The van der Waals surface area contributed by atoms with Crippen molar-refractivity contribution in [1.82, 2.24) is 0 Å². The SMILES string of the molecule is CCOC(=O)CC1CC(c2cccc(C)c2OC)c2cc(Cl)ccc2-c2ccccc21. The predicted octanol–water partition coefficient (Wildman–Crippen LogP) is 6.90. The van der Waals surface area contributed by atoms with Crippen LogP contribution >= 0.6 is 11.6 Å². The maximum atomic E-state index is 12.5. The van der Waals surface area contributed by atoms with Gasteiger partial charge in [0, 0.05) is 16.5 Å². The summed E-state index contributed by atoms with van der Waals surface area (Å²) in [6.45, 7) is 4.29. The van der Waals surface area contributed by atoms with E-state index in [2.05, 4.69) is 49.4 Å². The van der Waals surface area contributed by atoms with Gasteiger partial charge in [0.25, 0.3) is 0 Å². The predicted molar refractivity (Wildman–Crippen MR) is 125 cm³/mol. The van der Waals surface area contributed by atoms with E-state index in [-0.39, 0.29) is 17.8 Å². The van der Waals surface area contributed by atoms with Gasteiger partial charge < -0.3 is 9.47 Å². The quantitative estimate of drug-likeness (QED) is 0.410. The number of esters is 1. The van der Waals surface area contributed by atoms with Gasteiger partial charge in [0.2, 0.25) is 0 Å². The van der Waals surface area contributed by atoms with Gasteiger partial charge in [-0.3, -0.25) is 4.79 Å². The van der Waals surface area contributed by atoms with Gasteiger partial charge in [-0.25, -0.2) is 0 Å². The minimum absolute atomic E-state index is 0.0247. The summed E-state index contributed by atoms with van der Waals surface area (Å²) in [6.07, 6.45) is 1.11. The number of fused-ring (bicyclic) bond motifs is 3. The summed E-state index contributed by atoms with van der Waals surface area (Å²) in [4.78, 5) is 12.5. The number of hydrogen-bond acceptors (Lipinski definition) is 3. The Bertz CT molecular complexity index is 1110. The molecule has 0 saturated carbocycles. The fraction of sp³-hybridized carbons (Fsp3) is 0.296. The summed E-state index contributed by atoms with van der Waals surface area (Å²) in [5.74, 6) is 0.785. The van der Waals surface area contributed by atoms with Crippen LogP contribution in [-0.4, -0.2) is 19.7 Å². The molecular formula is C27H27ClO3. The molecule has 4 heteroatoms. The molecule has 0 N–H and O–H groups in total.